The SMILES string of the molecule is O=C(O)C[C@@H]1SC2=NC3c4ccc(F)cc4CCC3N2[C@@]1(O)c1ccc(Cl)cc1. The Kier molecular flexibility index (Phi) is 4.38. The number of aliphatic imine (C=N–C) groups is 1. The number of aryl methyl sites for hydroxylation is 1. The predicted molar refractivity (Wildman–Crippen MR) is 110 cm³/mol. The summed E-state index contributed by atoms with van der Waals surface area (Å²) in [4.78, 5) is 18.2. The molecule has 2 aliphatic heterocycles. The van der Waals surface area contributed by atoms with Crippen LogP contribution in [-0.4, -0.2) is 37.5 Å². The van der Waals surface area contributed by atoms with Gasteiger partial charge in [-0.2, -0.15) is 0 Å². The van der Waals surface area contributed by atoms with E-state index in [2.05, 4.69) is 0 Å². The third kappa shape index (κ3) is 2.86. The molecular weight excluding hydrogens is 415 g/mol. The fourth-order valence-electron chi connectivity index (χ4n) is 4.71. The molecule has 150 valence electrons. The molecule has 0 aromatic heterocycles. The molecule has 0 spiro atoms. The van der Waals surface area contributed by atoms with Crippen LogP contribution in [0.1, 0.15) is 35.6 Å². The van der Waals surface area contributed by atoms with Gasteiger partial charge in [0.05, 0.1) is 23.8 Å². The van der Waals surface area contributed by atoms with Crippen molar-refractivity contribution in [3.8, 4) is 0 Å². The molecule has 0 amide bonds. The van der Waals surface area contributed by atoms with E-state index in [1.807, 2.05) is 4.90 Å². The Balaban J connectivity index is 1.60. The van der Waals surface area contributed by atoms with E-state index in [9.17, 15) is 19.4 Å². The summed E-state index contributed by atoms with van der Waals surface area (Å²) >= 11 is 7.32. The highest BCUT2D eigenvalue weighted by molar-refractivity contribution is 8.14. The average molecular weight is 433 g/mol. The quantitative estimate of drug-likeness (QED) is 0.768. The zero-order valence-corrected chi connectivity index (χ0v) is 16.8. The zero-order chi connectivity index (χ0) is 20.3. The Morgan fingerprint density at radius 1 is 1.31 bits per heavy atom. The van der Waals surface area contributed by atoms with Crippen molar-refractivity contribution in [2.24, 2.45) is 4.99 Å². The lowest BCUT2D eigenvalue weighted by atomic mass is 9.82. The van der Waals surface area contributed by atoms with Crippen LogP contribution >= 0.6 is 23.4 Å². The van der Waals surface area contributed by atoms with Gasteiger partial charge in [0.1, 0.15) is 5.82 Å². The van der Waals surface area contributed by atoms with Crippen LogP contribution in [0.4, 0.5) is 4.39 Å². The van der Waals surface area contributed by atoms with Crippen LogP contribution in [0.5, 0.6) is 0 Å². The second kappa shape index (κ2) is 6.72. The number of fused-ring (bicyclic) bond motifs is 5. The number of nitrogens with zero attached hydrogens (tertiary/aromatic N) is 2. The second-order valence-electron chi connectivity index (χ2n) is 7.61. The highest BCUT2D eigenvalue weighted by Crippen LogP contribution is 2.55. The van der Waals surface area contributed by atoms with Crippen molar-refractivity contribution in [3.63, 3.8) is 0 Å². The van der Waals surface area contributed by atoms with Crippen molar-refractivity contribution < 1.29 is 19.4 Å². The Hall–Kier alpha value is -2.09. The van der Waals surface area contributed by atoms with E-state index in [1.54, 1.807) is 36.4 Å². The Labute approximate surface area is 176 Å². The number of thioether (sulfide) groups is 1. The number of amidine groups is 1. The van der Waals surface area contributed by atoms with Gasteiger partial charge in [0.2, 0.25) is 0 Å². The first-order valence-corrected chi connectivity index (χ1v) is 10.7. The molecule has 2 aromatic carbocycles. The maximum Gasteiger partial charge on any atom is 0.304 e. The third-order valence-corrected chi connectivity index (χ3v) is 7.52. The van der Waals surface area contributed by atoms with Crippen molar-refractivity contribution in [1.82, 2.24) is 4.90 Å². The summed E-state index contributed by atoms with van der Waals surface area (Å²) in [6.45, 7) is 0. The Morgan fingerprint density at radius 3 is 2.79 bits per heavy atom. The molecule has 3 aliphatic rings. The van der Waals surface area contributed by atoms with E-state index in [4.69, 9.17) is 16.6 Å². The van der Waals surface area contributed by atoms with Crippen molar-refractivity contribution in [1.29, 1.82) is 0 Å². The van der Waals surface area contributed by atoms with Crippen LogP contribution in [0.2, 0.25) is 5.02 Å². The van der Waals surface area contributed by atoms with E-state index in [0.717, 1.165) is 11.1 Å². The number of carbonyl (C=O) groups is 1. The second-order valence-corrected chi connectivity index (χ2v) is 9.22. The van der Waals surface area contributed by atoms with Gasteiger partial charge >= 0.3 is 5.97 Å². The van der Waals surface area contributed by atoms with Gasteiger partial charge in [-0.3, -0.25) is 9.79 Å². The first-order valence-electron chi connectivity index (χ1n) is 9.40. The van der Waals surface area contributed by atoms with Crippen LogP contribution in [0.15, 0.2) is 47.5 Å². The smallest absolute Gasteiger partial charge is 0.304 e. The first-order chi connectivity index (χ1) is 13.9. The summed E-state index contributed by atoms with van der Waals surface area (Å²) in [6.07, 6.45) is 1.18. The van der Waals surface area contributed by atoms with Crippen molar-refractivity contribution >= 4 is 34.5 Å². The van der Waals surface area contributed by atoms with E-state index in [0.29, 0.717) is 28.6 Å². The fraction of sp³-hybridized carbons (Fsp3) is 0.333. The summed E-state index contributed by atoms with van der Waals surface area (Å²) in [5.74, 6) is -1.24. The van der Waals surface area contributed by atoms with Crippen LogP contribution < -0.4 is 0 Å². The summed E-state index contributed by atoms with van der Waals surface area (Å²) in [5.41, 5.74) is 0.998. The van der Waals surface area contributed by atoms with Gasteiger partial charge in [-0.1, -0.05) is 41.6 Å². The lowest BCUT2D eigenvalue weighted by Gasteiger charge is -2.42. The van der Waals surface area contributed by atoms with Crippen LogP contribution in [0, 0.1) is 5.82 Å². The summed E-state index contributed by atoms with van der Waals surface area (Å²) in [6, 6.07) is 11.3. The maximum atomic E-state index is 13.7. The van der Waals surface area contributed by atoms with E-state index in [1.165, 1.54) is 17.8 Å². The van der Waals surface area contributed by atoms with Crippen molar-refractivity contribution in [2.75, 3.05) is 0 Å². The largest absolute Gasteiger partial charge is 0.481 e. The maximum absolute atomic E-state index is 13.7. The number of carboxylic acids is 1. The van der Waals surface area contributed by atoms with E-state index >= 15 is 0 Å². The summed E-state index contributed by atoms with van der Waals surface area (Å²) < 4.78 is 13.7. The highest BCUT2D eigenvalue weighted by Gasteiger charge is 2.59. The lowest BCUT2D eigenvalue weighted by molar-refractivity contribution is -0.141. The number of hydrogen-bond acceptors (Lipinski definition) is 5. The predicted octanol–water partition coefficient (Wildman–Crippen LogP) is 3.94. The standard InChI is InChI=1S/C21H18ClFN2O3S/c22-13-4-2-12(3-5-13)21(28)17(10-18(26)27)29-20-24-19-15-7-6-14(23)9-11(15)1-8-16(19)25(20)21/h2-7,9,16-17,19,28H,1,8,10H2,(H,26,27)/t16?,17-,19?,21+/m0/s1. The van der Waals surface area contributed by atoms with Gasteiger partial charge in [0.25, 0.3) is 0 Å². The zero-order valence-electron chi connectivity index (χ0n) is 15.3. The fourth-order valence-corrected chi connectivity index (χ4v) is 6.29. The molecule has 8 heteroatoms. The number of hydrogen-bond donors (Lipinski definition) is 2. The highest BCUT2D eigenvalue weighted by atomic mass is 35.5. The van der Waals surface area contributed by atoms with Gasteiger partial charge in [0.15, 0.2) is 10.9 Å². The van der Waals surface area contributed by atoms with Gasteiger partial charge < -0.3 is 15.1 Å². The molecule has 1 fully saturated rings. The summed E-state index contributed by atoms with van der Waals surface area (Å²) in [7, 11) is 0. The minimum Gasteiger partial charge on any atom is -0.481 e. The molecule has 2 unspecified atom stereocenters. The van der Waals surface area contributed by atoms with Gasteiger partial charge in [-0.05, 0) is 48.2 Å². The van der Waals surface area contributed by atoms with Crippen LogP contribution in [-0.2, 0) is 16.9 Å². The number of benzene rings is 2. The van der Waals surface area contributed by atoms with Crippen LogP contribution in [0.3, 0.4) is 0 Å². The van der Waals surface area contributed by atoms with Crippen molar-refractivity contribution in [2.45, 2.75) is 42.3 Å². The lowest BCUT2D eigenvalue weighted by Crippen LogP contribution is -2.53. The van der Waals surface area contributed by atoms with E-state index in [-0.39, 0.29) is 24.3 Å². The van der Waals surface area contributed by atoms with Crippen LogP contribution in [0.25, 0.3) is 0 Å². The number of aliphatic hydroxyl groups is 1. The molecule has 2 heterocycles. The number of aliphatic carboxylic acids is 1. The molecule has 0 saturated carbocycles. The molecule has 29 heavy (non-hydrogen) atoms. The molecule has 4 atom stereocenters. The normalized spacial score (nSPS) is 29.8. The van der Waals surface area contributed by atoms with Gasteiger partial charge in [-0.25, -0.2) is 4.39 Å². The number of carboxylic acid groups (broad SMARTS) is 1. The molecule has 5 rings (SSSR count). The monoisotopic (exact) mass is 432 g/mol. The molecular formula is C21H18ClFN2O3S. The Morgan fingerprint density at radius 2 is 2.07 bits per heavy atom. The van der Waals surface area contributed by atoms with Gasteiger partial charge in [0, 0.05) is 10.6 Å². The van der Waals surface area contributed by atoms with E-state index < -0.39 is 16.9 Å². The average Bonchev–Trinajstić information content (AvgIpc) is 3.17. The summed E-state index contributed by atoms with van der Waals surface area (Å²) in [5, 5.41) is 21.9. The topological polar surface area (TPSA) is 73.1 Å². The molecule has 0 bridgehead atoms. The molecule has 1 aliphatic carbocycles. The Bertz CT molecular complexity index is 1030. The molecule has 1 saturated heterocycles. The first kappa shape index (κ1) is 18.9. The van der Waals surface area contributed by atoms with Gasteiger partial charge in [-0.15, -0.1) is 0 Å². The number of halogens is 2. The molecule has 2 N–H and O–H groups in total. The molecule has 0 radical (unpaired) electrons. The minimum atomic E-state index is -1.51. The third-order valence-electron chi connectivity index (χ3n) is 5.98. The molecule has 5 nitrogen and oxygen atoms in total. The van der Waals surface area contributed by atoms with Crippen molar-refractivity contribution in [3.05, 3.63) is 70.0 Å². The minimum absolute atomic E-state index is 0.116. The molecule has 2 aromatic rings. The number of rotatable bonds is 3.